The first-order valence-corrected chi connectivity index (χ1v) is 5.50. The molecule has 0 atom stereocenters. The molecular weight excluding hydrogens is 335 g/mol. The van der Waals surface area contributed by atoms with Crippen molar-refractivity contribution in [3.63, 3.8) is 0 Å². The molecule has 0 bridgehead atoms. The van der Waals surface area contributed by atoms with Gasteiger partial charge in [0.15, 0.2) is 0 Å². The number of aromatic nitrogens is 3. The molecule has 0 N–H and O–H groups in total. The van der Waals surface area contributed by atoms with Crippen LogP contribution in [0.1, 0.15) is 17.3 Å². The summed E-state index contributed by atoms with van der Waals surface area (Å²) < 4.78 is 10.2. The van der Waals surface area contributed by atoms with Gasteiger partial charge in [0.05, 0.1) is 14.2 Å². The number of carbonyl (C=O) groups is 1. The average molecular weight is 347 g/mol. The quantitative estimate of drug-likeness (QED) is 0.617. The number of hydrogen-bond acceptors (Lipinski definition) is 6. The van der Waals surface area contributed by atoms with Crippen molar-refractivity contribution < 1.29 is 47.0 Å². The van der Waals surface area contributed by atoms with E-state index in [-0.39, 0.29) is 38.5 Å². The van der Waals surface area contributed by atoms with Crippen LogP contribution in [0.3, 0.4) is 0 Å². The maximum absolute atomic E-state index is 11.6. The Kier molecular flexibility index (Phi) is 6.17. The minimum absolute atomic E-state index is 0. The average Bonchev–Trinajstić information content (AvgIpc) is 2.46. The van der Waals surface area contributed by atoms with Gasteiger partial charge in [-0.05, 0) is 18.2 Å². The van der Waals surface area contributed by atoms with Crippen LogP contribution in [0.25, 0.3) is 11.3 Å². The first-order valence-electron chi connectivity index (χ1n) is 5.50. The minimum Gasteiger partial charge on any atom is -0.481 e. The fraction of sp³-hybridized carbons (Fsp3) is 0.231. The summed E-state index contributed by atoms with van der Waals surface area (Å²) in [5, 5.41) is 0. The second-order valence-electron chi connectivity index (χ2n) is 3.70. The van der Waals surface area contributed by atoms with E-state index in [9.17, 15) is 4.79 Å². The minimum atomic E-state index is -0.137. The number of ether oxygens (including phenoxy) is 2. The van der Waals surface area contributed by atoms with Crippen molar-refractivity contribution in [1.29, 1.82) is 0 Å². The van der Waals surface area contributed by atoms with Crippen LogP contribution in [0.4, 0.5) is 0 Å². The Morgan fingerprint density at radius 3 is 2.60 bits per heavy atom. The van der Waals surface area contributed by atoms with Crippen LogP contribution in [0.5, 0.6) is 11.8 Å². The predicted octanol–water partition coefficient (Wildman–Crippen LogP) is 1.56. The second kappa shape index (κ2) is 7.40. The fourth-order valence-electron chi connectivity index (χ4n) is 1.63. The topological polar surface area (TPSA) is 74.2 Å². The van der Waals surface area contributed by atoms with Crippen molar-refractivity contribution in [2.45, 2.75) is 6.92 Å². The van der Waals surface area contributed by atoms with E-state index in [2.05, 4.69) is 21.3 Å². The monoisotopic (exact) mass is 347 g/mol. The van der Waals surface area contributed by atoms with Crippen molar-refractivity contribution in [2.75, 3.05) is 14.2 Å². The molecule has 0 spiro atoms. The van der Waals surface area contributed by atoms with Gasteiger partial charge in [-0.1, -0.05) is 12.3 Å². The van der Waals surface area contributed by atoms with E-state index < -0.39 is 0 Å². The Labute approximate surface area is 141 Å². The van der Waals surface area contributed by atoms with Crippen LogP contribution in [0.15, 0.2) is 18.3 Å². The molecule has 2 heterocycles. The second-order valence-corrected chi connectivity index (χ2v) is 3.70. The number of ketones is 1. The molecule has 0 aliphatic heterocycles. The van der Waals surface area contributed by atoms with E-state index in [0.29, 0.717) is 28.6 Å². The van der Waals surface area contributed by atoms with E-state index >= 15 is 0 Å². The molecule has 0 amide bonds. The zero-order chi connectivity index (χ0) is 13.8. The molecule has 7 heteroatoms. The van der Waals surface area contributed by atoms with Crippen LogP contribution in [-0.4, -0.2) is 35.0 Å². The molecule has 0 aliphatic carbocycles. The van der Waals surface area contributed by atoms with Crippen molar-refractivity contribution in [3.05, 3.63) is 30.2 Å². The summed E-state index contributed by atoms with van der Waals surface area (Å²) in [6.45, 7) is 1.45. The molecule has 101 valence electrons. The molecule has 0 aromatic carbocycles. The van der Waals surface area contributed by atoms with E-state index in [0.717, 1.165) is 0 Å². The Bertz CT molecular complexity index is 620. The molecule has 0 saturated heterocycles. The van der Waals surface area contributed by atoms with Crippen LogP contribution >= 0.6 is 0 Å². The molecule has 0 fully saturated rings. The van der Waals surface area contributed by atoms with Crippen molar-refractivity contribution in [3.8, 4) is 23.0 Å². The van der Waals surface area contributed by atoms with Gasteiger partial charge in [0, 0.05) is 50.7 Å². The summed E-state index contributed by atoms with van der Waals surface area (Å²) in [5.74, 6) is 0.610. The van der Waals surface area contributed by atoms with Gasteiger partial charge in [-0.2, -0.15) is 4.98 Å². The van der Waals surface area contributed by atoms with Gasteiger partial charge in [0.2, 0.25) is 11.8 Å². The van der Waals surface area contributed by atoms with Gasteiger partial charge in [-0.3, -0.25) is 4.79 Å². The van der Waals surface area contributed by atoms with E-state index in [1.165, 1.54) is 27.3 Å². The van der Waals surface area contributed by atoms with Gasteiger partial charge >= 0.3 is 0 Å². The number of hydrogen-bond donors (Lipinski definition) is 0. The van der Waals surface area contributed by atoms with Crippen molar-refractivity contribution in [1.82, 2.24) is 15.0 Å². The number of methoxy groups -OCH3 is 2. The van der Waals surface area contributed by atoms with Gasteiger partial charge in [0.1, 0.15) is 5.78 Å². The Morgan fingerprint density at radius 2 is 2.00 bits per heavy atom. The van der Waals surface area contributed by atoms with Crippen molar-refractivity contribution >= 4 is 5.78 Å². The summed E-state index contributed by atoms with van der Waals surface area (Å²) in [4.78, 5) is 23.5. The fourth-order valence-corrected chi connectivity index (χ4v) is 1.63. The summed E-state index contributed by atoms with van der Waals surface area (Å²) in [6, 6.07) is 3.40. The van der Waals surface area contributed by atoms with E-state index in [1.807, 2.05) is 0 Å². The maximum atomic E-state index is 11.6. The van der Waals surface area contributed by atoms with Crippen molar-refractivity contribution in [2.24, 2.45) is 0 Å². The van der Waals surface area contributed by atoms with Gasteiger partial charge in [-0.25, -0.2) is 0 Å². The summed E-state index contributed by atoms with van der Waals surface area (Å²) in [6.07, 6.45) is 3.89. The smallest absolute Gasteiger partial charge is 0.216 e. The number of nitrogens with zero attached hydrogens (tertiary/aromatic N) is 3. The van der Waals surface area contributed by atoms with Crippen LogP contribution in [0.2, 0.25) is 0 Å². The van der Waals surface area contributed by atoms with Crippen LogP contribution in [-0.2, 0) is 32.7 Å². The largest absolute Gasteiger partial charge is 0.481 e. The third kappa shape index (κ3) is 3.38. The number of Topliss-reactive ketones (excluding diaryl/α,β-unsaturated/α-hetero) is 1. The first-order chi connectivity index (χ1) is 9.17. The predicted molar refractivity (Wildman–Crippen MR) is 67.2 cm³/mol. The first kappa shape index (κ1) is 16.7. The van der Waals surface area contributed by atoms with Crippen LogP contribution in [0, 0.1) is 6.33 Å². The number of pyridine rings is 1. The third-order valence-electron chi connectivity index (χ3n) is 2.54. The van der Waals surface area contributed by atoms with E-state index in [4.69, 9.17) is 9.47 Å². The third-order valence-corrected chi connectivity index (χ3v) is 2.54. The molecule has 1 radical (unpaired) electrons. The van der Waals surface area contributed by atoms with Gasteiger partial charge in [0.25, 0.3) is 0 Å². The zero-order valence-corrected chi connectivity index (χ0v) is 14.2. The molecule has 0 aliphatic rings. The SMILES string of the molecule is COc1ccc(-c2n[c-]ncc2C(C)=O)c(OC)n1.[Y]. The number of carbonyl (C=O) groups excluding carboxylic acids is 1. The molecule has 2 aromatic heterocycles. The Hall–Kier alpha value is -1.40. The summed E-state index contributed by atoms with van der Waals surface area (Å²) >= 11 is 0. The number of rotatable bonds is 4. The molecule has 2 rings (SSSR count). The maximum Gasteiger partial charge on any atom is 0.216 e. The summed E-state index contributed by atoms with van der Waals surface area (Å²) in [5.41, 5.74) is 1.42. The molecule has 0 saturated carbocycles. The standard InChI is InChI=1S/C13H12N3O3.Y/c1-8(17)10-6-14-7-15-12(10)9-4-5-11(18-2)16-13(9)19-3;/h4-6H,1-3H3;/q-1;. The molecule has 2 aromatic rings. The van der Waals surface area contributed by atoms with E-state index in [1.54, 1.807) is 12.1 Å². The normalized spacial score (nSPS) is 9.55. The van der Waals surface area contributed by atoms with Gasteiger partial charge < -0.3 is 19.4 Å². The molecular formula is C13H12N3O3Y-. The zero-order valence-electron chi connectivity index (χ0n) is 11.4. The molecule has 6 nitrogen and oxygen atoms in total. The Morgan fingerprint density at radius 1 is 1.25 bits per heavy atom. The summed E-state index contributed by atoms with van der Waals surface area (Å²) in [7, 11) is 3.00. The Balaban J connectivity index is 0.00000200. The molecule has 0 unspecified atom stereocenters. The van der Waals surface area contributed by atoms with Crippen LogP contribution < -0.4 is 9.47 Å². The molecule has 20 heavy (non-hydrogen) atoms. The van der Waals surface area contributed by atoms with Gasteiger partial charge in [-0.15, -0.1) is 0 Å².